The van der Waals surface area contributed by atoms with Gasteiger partial charge in [0, 0.05) is 13.6 Å². The van der Waals surface area contributed by atoms with Crippen LogP contribution in [-0.4, -0.2) is 31.5 Å². The maximum atomic E-state index is 11.5. The van der Waals surface area contributed by atoms with Crippen LogP contribution in [-0.2, 0) is 11.2 Å². The highest BCUT2D eigenvalue weighted by molar-refractivity contribution is 5.77. The van der Waals surface area contributed by atoms with E-state index in [1.165, 1.54) is 0 Å². The van der Waals surface area contributed by atoms with Crippen molar-refractivity contribution >= 4 is 5.91 Å². The maximum Gasteiger partial charge on any atom is 0.236 e. The molecular weight excluding hydrogens is 228 g/mol. The number of carbonyl (C=O) groups excluding carboxylic acids is 1. The molecule has 0 unspecified atom stereocenters. The lowest BCUT2D eigenvalue weighted by atomic mass is 10.1. The molecule has 0 heterocycles. The van der Waals surface area contributed by atoms with Crippen molar-refractivity contribution in [2.75, 3.05) is 20.7 Å². The lowest BCUT2D eigenvalue weighted by Crippen LogP contribution is -2.28. The van der Waals surface area contributed by atoms with Gasteiger partial charge in [-0.2, -0.15) is 5.26 Å². The Morgan fingerprint density at radius 3 is 2.83 bits per heavy atom. The Kier molecular flexibility index (Phi) is 5.19. The summed E-state index contributed by atoms with van der Waals surface area (Å²) in [4.78, 5) is 13.0. The number of nitrogens with zero attached hydrogens (tertiary/aromatic N) is 2. The molecule has 0 saturated carbocycles. The SMILES string of the molecule is COc1ccc(C)cc1CCN(C)C(=O)CC#N. The van der Waals surface area contributed by atoms with Gasteiger partial charge in [0.15, 0.2) is 0 Å². The first-order chi connectivity index (χ1) is 8.58. The van der Waals surface area contributed by atoms with Crippen LogP contribution in [0, 0.1) is 18.3 Å². The molecule has 0 radical (unpaired) electrons. The Bertz CT molecular complexity index is 463. The second kappa shape index (κ2) is 6.65. The van der Waals surface area contributed by atoms with Gasteiger partial charge >= 0.3 is 0 Å². The van der Waals surface area contributed by atoms with Crippen LogP contribution in [0.4, 0.5) is 0 Å². The van der Waals surface area contributed by atoms with E-state index in [4.69, 9.17) is 10.00 Å². The van der Waals surface area contributed by atoms with Gasteiger partial charge < -0.3 is 9.64 Å². The van der Waals surface area contributed by atoms with Crippen molar-refractivity contribution < 1.29 is 9.53 Å². The van der Waals surface area contributed by atoms with E-state index < -0.39 is 0 Å². The molecule has 0 aromatic heterocycles. The Labute approximate surface area is 108 Å². The molecule has 0 aliphatic rings. The standard InChI is InChI=1S/C14H18N2O2/c1-11-4-5-13(18-3)12(10-11)7-9-16(2)14(17)6-8-15/h4-5,10H,6-7,9H2,1-3H3. The van der Waals surface area contributed by atoms with Crippen LogP contribution in [0.2, 0.25) is 0 Å². The van der Waals surface area contributed by atoms with Crippen molar-refractivity contribution in [3.63, 3.8) is 0 Å². The predicted octanol–water partition coefficient (Wildman–Crippen LogP) is 1.92. The van der Waals surface area contributed by atoms with Crippen molar-refractivity contribution in [2.45, 2.75) is 19.8 Å². The van der Waals surface area contributed by atoms with Gasteiger partial charge in [-0.15, -0.1) is 0 Å². The first kappa shape index (κ1) is 14.0. The molecule has 1 amide bonds. The van der Waals surface area contributed by atoms with Crippen molar-refractivity contribution in [3.05, 3.63) is 29.3 Å². The molecule has 0 spiro atoms. The Morgan fingerprint density at radius 1 is 1.50 bits per heavy atom. The molecule has 0 atom stereocenters. The minimum atomic E-state index is -0.149. The van der Waals surface area contributed by atoms with Crippen molar-refractivity contribution in [2.24, 2.45) is 0 Å². The first-order valence-corrected chi connectivity index (χ1v) is 5.83. The number of aryl methyl sites for hydroxylation is 1. The molecule has 4 heteroatoms. The molecule has 1 aromatic carbocycles. The number of hydrogen-bond donors (Lipinski definition) is 0. The third-order valence-electron chi connectivity index (χ3n) is 2.81. The molecular formula is C14H18N2O2. The van der Waals surface area contributed by atoms with Gasteiger partial charge in [-0.1, -0.05) is 17.7 Å². The number of rotatable bonds is 5. The molecule has 4 nitrogen and oxygen atoms in total. The number of nitriles is 1. The van der Waals surface area contributed by atoms with E-state index >= 15 is 0 Å². The molecule has 0 aliphatic carbocycles. The number of hydrogen-bond acceptors (Lipinski definition) is 3. The van der Waals surface area contributed by atoms with Gasteiger partial charge in [0.25, 0.3) is 0 Å². The summed E-state index contributed by atoms with van der Waals surface area (Å²) in [5.74, 6) is 0.686. The summed E-state index contributed by atoms with van der Waals surface area (Å²) in [5.41, 5.74) is 2.24. The number of ether oxygens (including phenoxy) is 1. The Balaban J connectivity index is 2.66. The molecule has 0 N–H and O–H groups in total. The number of methoxy groups -OCH3 is 1. The molecule has 0 bridgehead atoms. The molecule has 1 aromatic rings. The average molecular weight is 246 g/mol. The van der Waals surface area contributed by atoms with E-state index in [-0.39, 0.29) is 12.3 Å². The monoisotopic (exact) mass is 246 g/mol. The highest BCUT2D eigenvalue weighted by atomic mass is 16.5. The Morgan fingerprint density at radius 2 is 2.22 bits per heavy atom. The number of carbonyl (C=O) groups is 1. The molecule has 0 saturated heterocycles. The first-order valence-electron chi connectivity index (χ1n) is 5.83. The van der Waals surface area contributed by atoms with Crippen LogP contribution in [0.5, 0.6) is 5.75 Å². The second-order valence-corrected chi connectivity index (χ2v) is 4.22. The topological polar surface area (TPSA) is 53.3 Å². The highest BCUT2D eigenvalue weighted by Crippen LogP contribution is 2.20. The van der Waals surface area contributed by atoms with Crippen LogP contribution in [0.1, 0.15) is 17.5 Å². The van der Waals surface area contributed by atoms with Crippen LogP contribution >= 0.6 is 0 Å². The molecule has 18 heavy (non-hydrogen) atoms. The second-order valence-electron chi connectivity index (χ2n) is 4.22. The van der Waals surface area contributed by atoms with Gasteiger partial charge in [0.05, 0.1) is 13.2 Å². The molecule has 96 valence electrons. The van der Waals surface area contributed by atoms with Crippen LogP contribution < -0.4 is 4.74 Å². The Hall–Kier alpha value is -2.02. The third kappa shape index (κ3) is 3.77. The highest BCUT2D eigenvalue weighted by Gasteiger charge is 2.09. The van der Waals surface area contributed by atoms with Crippen molar-refractivity contribution in [1.82, 2.24) is 4.90 Å². The zero-order valence-corrected chi connectivity index (χ0v) is 11.1. The normalized spacial score (nSPS) is 9.67. The van der Waals surface area contributed by atoms with Crippen LogP contribution in [0.25, 0.3) is 0 Å². The predicted molar refractivity (Wildman–Crippen MR) is 69.3 cm³/mol. The summed E-state index contributed by atoms with van der Waals surface area (Å²) in [6.45, 7) is 2.60. The smallest absolute Gasteiger partial charge is 0.236 e. The number of amides is 1. The molecule has 0 aliphatic heterocycles. The van der Waals surface area contributed by atoms with E-state index in [0.717, 1.165) is 23.3 Å². The third-order valence-corrected chi connectivity index (χ3v) is 2.81. The fourth-order valence-electron chi connectivity index (χ4n) is 1.72. The van der Waals surface area contributed by atoms with E-state index in [2.05, 4.69) is 6.07 Å². The largest absolute Gasteiger partial charge is 0.496 e. The number of benzene rings is 1. The summed E-state index contributed by atoms with van der Waals surface area (Å²) in [6, 6.07) is 7.84. The van der Waals surface area contributed by atoms with Crippen LogP contribution in [0.15, 0.2) is 18.2 Å². The van der Waals surface area contributed by atoms with Crippen LogP contribution in [0.3, 0.4) is 0 Å². The fraction of sp³-hybridized carbons (Fsp3) is 0.429. The van der Waals surface area contributed by atoms with Gasteiger partial charge in [0.2, 0.25) is 5.91 Å². The van der Waals surface area contributed by atoms with Gasteiger partial charge in [-0.25, -0.2) is 0 Å². The fourth-order valence-corrected chi connectivity index (χ4v) is 1.72. The van der Waals surface area contributed by atoms with E-state index in [9.17, 15) is 4.79 Å². The van der Waals surface area contributed by atoms with Gasteiger partial charge in [-0.05, 0) is 25.0 Å². The average Bonchev–Trinajstić information content (AvgIpc) is 2.36. The van der Waals surface area contributed by atoms with E-state index in [1.807, 2.05) is 25.1 Å². The quantitative estimate of drug-likeness (QED) is 0.797. The van der Waals surface area contributed by atoms with E-state index in [1.54, 1.807) is 19.1 Å². The van der Waals surface area contributed by atoms with Crippen molar-refractivity contribution in [3.8, 4) is 11.8 Å². The summed E-state index contributed by atoms with van der Waals surface area (Å²) >= 11 is 0. The molecule has 1 rings (SSSR count). The minimum absolute atomic E-state index is 0.0680. The number of likely N-dealkylation sites (N-methyl/N-ethyl adjacent to an activating group) is 1. The maximum absolute atomic E-state index is 11.5. The van der Waals surface area contributed by atoms with Gasteiger partial charge in [-0.3, -0.25) is 4.79 Å². The lowest BCUT2D eigenvalue weighted by Gasteiger charge is -2.17. The summed E-state index contributed by atoms with van der Waals surface area (Å²) < 4.78 is 5.28. The lowest BCUT2D eigenvalue weighted by molar-refractivity contribution is -0.128. The van der Waals surface area contributed by atoms with Gasteiger partial charge in [0.1, 0.15) is 12.2 Å². The zero-order chi connectivity index (χ0) is 13.5. The van der Waals surface area contributed by atoms with Crippen molar-refractivity contribution in [1.29, 1.82) is 5.26 Å². The minimum Gasteiger partial charge on any atom is -0.496 e. The molecule has 0 fully saturated rings. The summed E-state index contributed by atoms with van der Waals surface area (Å²) in [6.07, 6.45) is 0.653. The summed E-state index contributed by atoms with van der Waals surface area (Å²) in [5, 5.41) is 8.47. The summed E-state index contributed by atoms with van der Waals surface area (Å²) in [7, 11) is 3.35. The zero-order valence-electron chi connectivity index (χ0n) is 11.1. The van der Waals surface area contributed by atoms with E-state index in [0.29, 0.717) is 6.54 Å².